The molecule has 0 aliphatic rings. The highest BCUT2D eigenvalue weighted by Gasteiger charge is 2.37. The average Bonchev–Trinajstić information content (AvgIpc) is 2.73. The molecule has 0 unspecified atom stereocenters. The molecule has 0 fully saturated rings. The van der Waals surface area contributed by atoms with Gasteiger partial charge < -0.3 is 0 Å². The van der Waals surface area contributed by atoms with Crippen LogP contribution in [-0.2, 0) is 9.84 Å². The summed E-state index contributed by atoms with van der Waals surface area (Å²) in [5.41, 5.74) is -1.31. The molecule has 0 heterocycles. The lowest BCUT2D eigenvalue weighted by atomic mass is 9.92. The third kappa shape index (κ3) is 4.31. The van der Waals surface area contributed by atoms with Crippen molar-refractivity contribution in [2.24, 2.45) is 0 Å². The second-order valence-corrected chi connectivity index (χ2v) is 8.23. The van der Waals surface area contributed by atoms with Gasteiger partial charge in [0.15, 0.2) is 5.78 Å². The highest BCUT2D eigenvalue weighted by atomic mass is 32.2. The van der Waals surface area contributed by atoms with Crippen LogP contribution in [0.15, 0.2) is 95.9 Å². The van der Waals surface area contributed by atoms with Gasteiger partial charge in [0, 0.05) is 17.9 Å². The van der Waals surface area contributed by atoms with Crippen LogP contribution in [0.25, 0.3) is 0 Å². The van der Waals surface area contributed by atoms with Gasteiger partial charge in [-0.3, -0.25) is 4.79 Å². The summed E-state index contributed by atoms with van der Waals surface area (Å²) in [7, 11) is -4.23. The number of carbonyl (C=O) groups is 1. The number of alkyl halides is 1. The summed E-state index contributed by atoms with van der Waals surface area (Å²) in [6.07, 6.45) is -0.235. The van der Waals surface area contributed by atoms with Gasteiger partial charge in [-0.1, -0.05) is 78.9 Å². The van der Waals surface area contributed by atoms with E-state index >= 15 is 4.39 Å². The Morgan fingerprint density at radius 2 is 1.26 bits per heavy atom. The Kier molecular flexibility index (Phi) is 5.81. The predicted octanol–water partition coefficient (Wildman–Crippen LogP) is 4.81. The van der Waals surface area contributed by atoms with Crippen molar-refractivity contribution in [3.8, 4) is 0 Å². The molecule has 2 atom stereocenters. The molecule has 0 aliphatic heterocycles. The van der Waals surface area contributed by atoms with Crippen LogP contribution in [0.2, 0.25) is 0 Å². The summed E-state index contributed by atoms with van der Waals surface area (Å²) in [4.78, 5) is 12.5. The van der Waals surface area contributed by atoms with Gasteiger partial charge in [0.1, 0.15) is 0 Å². The minimum atomic E-state index is -4.23. The van der Waals surface area contributed by atoms with E-state index in [1.54, 1.807) is 78.9 Å². The van der Waals surface area contributed by atoms with Crippen LogP contribution < -0.4 is 0 Å². The van der Waals surface area contributed by atoms with E-state index in [0.717, 1.165) is 0 Å². The van der Waals surface area contributed by atoms with Gasteiger partial charge >= 0.3 is 0 Å². The highest BCUT2D eigenvalue weighted by molar-refractivity contribution is 7.92. The van der Waals surface area contributed by atoms with E-state index < -0.39 is 21.3 Å². The summed E-state index contributed by atoms with van der Waals surface area (Å²) >= 11 is 0. The number of hydrogen-bond acceptors (Lipinski definition) is 3. The SMILES string of the molecule is O=C(C[C@H](c1ccccc1)[C@H](F)S(=O)(=O)c1ccccc1)c1ccccc1. The third-order valence-corrected chi connectivity index (χ3v) is 6.26. The minimum Gasteiger partial charge on any atom is -0.294 e. The molecule has 3 nitrogen and oxygen atoms in total. The molecule has 27 heavy (non-hydrogen) atoms. The number of sulfone groups is 1. The lowest BCUT2D eigenvalue weighted by Gasteiger charge is -2.21. The summed E-state index contributed by atoms with van der Waals surface area (Å²) in [5, 5.41) is 0. The zero-order chi connectivity index (χ0) is 19.3. The van der Waals surface area contributed by atoms with Crippen molar-refractivity contribution < 1.29 is 17.6 Å². The summed E-state index contributed by atoms with van der Waals surface area (Å²) in [6, 6.07) is 24.5. The molecule has 0 saturated heterocycles. The lowest BCUT2D eigenvalue weighted by Crippen LogP contribution is -2.26. The largest absolute Gasteiger partial charge is 0.294 e. The Morgan fingerprint density at radius 3 is 1.81 bits per heavy atom. The molecule has 0 bridgehead atoms. The Balaban J connectivity index is 1.96. The number of ketones is 1. The number of carbonyl (C=O) groups excluding carboxylic acids is 1. The number of halogens is 1. The van der Waals surface area contributed by atoms with Crippen molar-refractivity contribution in [1.82, 2.24) is 0 Å². The van der Waals surface area contributed by atoms with E-state index in [-0.39, 0.29) is 17.1 Å². The maximum Gasteiger partial charge on any atom is 0.212 e. The van der Waals surface area contributed by atoms with E-state index in [0.29, 0.717) is 11.1 Å². The topological polar surface area (TPSA) is 51.2 Å². The number of benzene rings is 3. The zero-order valence-electron chi connectivity index (χ0n) is 14.5. The highest BCUT2D eigenvalue weighted by Crippen LogP contribution is 2.33. The average molecular weight is 382 g/mol. The fourth-order valence-electron chi connectivity index (χ4n) is 2.96. The fraction of sp³-hybridized carbons (Fsp3) is 0.136. The number of rotatable bonds is 7. The van der Waals surface area contributed by atoms with Crippen LogP contribution in [0.5, 0.6) is 0 Å². The van der Waals surface area contributed by atoms with Crippen molar-refractivity contribution in [3.05, 3.63) is 102 Å². The van der Waals surface area contributed by atoms with E-state index in [2.05, 4.69) is 0 Å². The van der Waals surface area contributed by atoms with E-state index in [1.165, 1.54) is 12.1 Å². The first-order valence-corrected chi connectivity index (χ1v) is 10.1. The molecule has 0 spiro atoms. The predicted molar refractivity (Wildman–Crippen MR) is 103 cm³/mol. The summed E-state index contributed by atoms with van der Waals surface area (Å²) in [5.74, 6) is -1.39. The summed E-state index contributed by atoms with van der Waals surface area (Å²) in [6.45, 7) is 0. The minimum absolute atomic E-state index is 0.0920. The van der Waals surface area contributed by atoms with Crippen LogP contribution in [-0.4, -0.2) is 19.7 Å². The van der Waals surface area contributed by atoms with Gasteiger partial charge in [-0.2, -0.15) is 0 Å². The van der Waals surface area contributed by atoms with E-state index in [9.17, 15) is 13.2 Å². The second-order valence-electron chi connectivity index (χ2n) is 6.22. The molecule has 0 radical (unpaired) electrons. The van der Waals surface area contributed by atoms with Crippen molar-refractivity contribution >= 4 is 15.6 Å². The van der Waals surface area contributed by atoms with Gasteiger partial charge in [-0.05, 0) is 17.7 Å². The van der Waals surface area contributed by atoms with Crippen LogP contribution in [0.1, 0.15) is 28.3 Å². The first-order chi connectivity index (χ1) is 13.0. The molecular formula is C22H19FO3S. The Labute approximate surface area is 158 Å². The van der Waals surface area contributed by atoms with Gasteiger partial charge in [-0.25, -0.2) is 12.8 Å². The maximum absolute atomic E-state index is 15.4. The first kappa shape index (κ1) is 19.0. The van der Waals surface area contributed by atoms with E-state index in [4.69, 9.17) is 0 Å². The molecule has 138 valence electrons. The van der Waals surface area contributed by atoms with Crippen molar-refractivity contribution in [1.29, 1.82) is 0 Å². The molecule has 3 rings (SSSR count). The first-order valence-electron chi connectivity index (χ1n) is 8.56. The lowest BCUT2D eigenvalue weighted by molar-refractivity contribution is 0.0965. The molecule has 3 aromatic rings. The van der Waals surface area contributed by atoms with Gasteiger partial charge in [0.2, 0.25) is 15.3 Å². The molecular weight excluding hydrogens is 363 g/mol. The molecule has 0 N–H and O–H groups in total. The molecule has 0 saturated carbocycles. The standard InChI is InChI=1S/C22H19FO3S/c23-22(27(25,26)19-14-8-3-9-15-19)20(17-10-4-1-5-11-17)16-21(24)18-12-6-2-7-13-18/h1-15,20,22H,16H2/t20-,22-/m1/s1. The molecule has 0 aromatic heterocycles. The quantitative estimate of drug-likeness (QED) is 0.551. The van der Waals surface area contributed by atoms with E-state index in [1.807, 2.05) is 0 Å². The molecule has 5 heteroatoms. The van der Waals surface area contributed by atoms with Gasteiger partial charge in [0.25, 0.3) is 0 Å². The molecule has 0 amide bonds. The van der Waals surface area contributed by atoms with Crippen molar-refractivity contribution in [2.75, 3.05) is 0 Å². The Morgan fingerprint density at radius 1 is 0.778 bits per heavy atom. The fourth-order valence-corrected chi connectivity index (χ4v) is 4.44. The normalized spacial score (nSPS) is 13.7. The molecule has 0 aliphatic carbocycles. The zero-order valence-corrected chi connectivity index (χ0v) is 15.3. The molecule has 3 aromatic carbocycles. The van der Waals surface area contributed by atoms with Crippen molar-refractivity contribution in [2.45, 2.75) is 22.7 Å². The second kappa shape index (κ2) is 8.27. The maximum atomic E-state index is 15.4. The summed E-state index contributed by atoms with van der Waals surface area (Å²) < 4.78 is 40.9. The smallest absolute Gasteiger partial charge is 0.212 e. The van der Waals surface area contributed by atoms with Crippen LogP contribution in [0, 0.1) is 0 Å². The Bertz CT molecular complexity index is 988. The number of hydrogen-bond donors (Lipinski definition) is 0. The monoisotopic (exact) mass is 382 g/mol. The van der Waals surface area contributed by atoms with Crippen LogP contribution >= 0.6 is 0 Å². The van der Waals surface area contributed by atoms with Crippen LogP contribution in [0.4, 0.5) is 4.39 Å². The number of Topliss-reactive ketones (excluding diaryl/α,β-unsaturated/α-hetero) is 1. The van der Waals surface area contributed by atoms with Gasteiger partial charge in [-0.15, -0.1) is 0 Å². The third-order valence-electron chi connectivity index (χ3n) is 4.41. The van der Waals surface area contributed by atoms with Gasteiger partial charge in [0.05, 0.1) is 4.90 Å². The van der Waals surface area contributed by atoms with Crippen molar-refractivity contribution in [3.63, 3.8) is 0 Å². The Hall–Kier alpha value is -2.79. The van der Waals surface area contributed by atoms with Crippen LogP contribution in [0.3, 0.4) is 0 Å².